The number of likely N-dealkylation sites (tertiary alicyclic amines) is 1. The van der Waals surface area contributed by atoms with Crippen LogP contribution in [0.4, 0.5) is 0 Å². The van der Waals surface area contributed by atoms with Crippen LogP contribution in [0, 0.1) is 0 Å². The maximum atomic E-state index is 12.1. The van der Waals surface area contributed by atoms with Gasteiger partial charge in [-0.25, -0.2) is 4.99 Å². The number of rotatable bonds is 6. The van der Waals surface area contributed by atoms with Gasteiger partial charge in [0, 0.05) is 35.8 Å². The van der Waals surface area contributed by atoms with Crippen molar-refractivity contribution >= 4 is 33.3 Å². The van der Waals surface area contributed by atoms with Gasteiger partial charge in [-0.1, -0.05) is 18.2 Å². The lowest BCUT2D eigenvalue weighted by Crippen LogP contribution is -2.40. The quantitative estimate of drug-likeness (QED) is 0.535. The fourth-order valence-electron chi connectivity index (χ4n) is 3.02. The van der Waals surface area contributed by atoms with Crippen LogP contribution in [0.1, 0.15) is 30.7 Å². The van der Waals surface area contributed by atoms with Gasteiger partial charge >= 0.3 is 0 Å². The van der Waals surface area contributed by atoms with E-state index >= 15 is 0 Å². The van der Waals surface area contributed by atoms with Crippen molar-refractivity contribution < 1.29 is 9.90 Å². The number of carbonyl (C=O) groups excluding carboxylic acids is 1. The Morgan fingerprint density at radius 1 is 1.31 bits per heavy atom. The number of hydrogen-bond donors (Lipinski definition) is 3. The van der Waals surface area contributed by atoms with Gasteiger partial charge in [0.2, 0.25) is 5.91 Å². The predicted molar refractivity (Wildman–Crippen MR) is 107 cm³/mol. The van der Waals surface area contributed by atoms with Crippen molar-refractivity contribution in [1.82, 2.24) is 15.5 Å². The van der Waals surface area contributed by atoms with Crippen LogP contribution in [0.5, 0.6) is 0 Å². The monoisotopic (exact) mass is 374 g/mol. The molecule has 7 heteroatoms. The van der Waals surface area contributed by atoms with Crippen LogP contribution in [-0.2, 0) is 4.79 Å². The van der Waals surface area contributed by atoms with Gasteiger partial charge in [-0.2, -0.15) is 0 Å². The van der Waals surface area contributed by atoms with Crippen LogP contribution >= 0.6 is 11.3 Å². The van der Waals surface area contributed by atoms with Crippen LogP contribution < -0.4 is 10.6 Å². The number of fused-ring (bicyclic) bond motifs is 1. The van der Waals surface area contributed by atoms with Crippen molar-refractivity contribution in [1.29, 1.82) is 0 Å². The summed E-state index contributed by atoms with van der Waals surface area (Å²) in [7, 11) is 0. The normalized spacial score (nSPS) is 16.1. The lowest BCUT2D eigenvalue weighted by Gasteiger charge is -2.16. The van der Waals surface area contributed by atoms with Gasteiger partial charge in [-0.3, -0.25) is 4.79 Å². The van der Waals surface area contributed by atoms with E-state index in [4.69, 9.17) is 0 Å². The first-order valence-corrected chi connectivity index (χ1v) is 9.95. The summed E-state index contributed by atoms with van der Waals surface area (Å²) in [6.45, 7) is 4.82. The van der Waals surface area contributed by atoms with Gasteiger partial charge in [0.05, 0.1) is 0 Å². The van der Waals surface area contributed by atoms with E-state index in [0.717, 1.165) is 36.2 Å². The first kappa shape index (κ1) is 18.7. The number of hydrogen-bond acceptors (Lipinski definition) is 4. The molecule has 1 aromatic carbocycles. The summed E-state index contributed by atoms with van der Waals surface area (Å²) in [5, 5.41) is 17.9. The molecule has 1 aliphatic rings. The molecule has 1 atom stereocenters. The summed E-state index contributed by atoms with van der Waals surface area (Å²) < 4.78 is 1.17. The van der Waals surface area contributed by atoms with E-state index in [1.165, 1.54) is 4.70 Å². The Hall–Kier alpha value is -2.12. The van der Waals surface area contributed by atoms with Crippen molar-refractivity contribution in [3.05, 3.63) is 35.2 Å². The second-order valence-corrected chi connectivity index (χ2v) is 7.48. The van der Waals surface area contributed by atoms with E-state index in [0.29, 0.717) is 19.0 Å². The molecular formula is C19H26N4O2S. The Kier molecular flexibility index (Phi) is 6.46. The third-order valence-electron chi connectivity index (χ3n) is 4.41. The molecule has 1 fully saturated rings. The van der Waals surface area contributed by atoms with Crippen molar-refractivity contribution in [2.24, 2.45) is 4.99 Å². The molecule has 1 saturated heterocycles. The molecule has 0 spiro atoms. The summed E-state index contributed by atoms with van der Waals surface area (Å²) >= 11 is 1.59. The lowest BCUT2D eigenvalue weighted by atomic mass is 10.2. The highest BCUT2D eigenvalue weighted by Gasteiger charge is 2.17. The van der Waals surface area contributed by atoms with E-state index in [-0.39, 0.29) is 12.5 Å². The minimum atomic E-state index is -0.620. The largest absolute Gasteiger partial charge is 0.386 e. The predicted octanol–water partition coefficient (Wildman–Crippen LogP) is 2.11. The zero-order chi connectivity index (χ0) is 18.4. The van der Waals surface area contributed by atoms with Gasteiger partial charge in [-0.15, -0.1) is 11.3 Å². The Bertz CT molecular complexity index is 735. The van der Waals surface area contributed by atoms with Gasteiger partial charge in [0.15, 0.2) is 5.96 Å². The standard InChI is InChI=1S/C19H26N4O2S/c1-2-20-19(22-13-18(25)23-9-5-6-10-23)21-12-15(24)17-11-14-7-3-4-8-16(14)26-17/h3-4,7-8,11,15,24H,2,5-6,9-10,12-13H2,1H3,(H2,20,21,22). The molecule has 26 heavy (non-hydrogen) atoms. The van der Waals surface area contributed by atoms with Crippen LogP contribution in [-0.4, -0.2) is 54.6 Å². The number of nitrogens with one attached hydrogen (secondary N) is 2. The highest BCUT2D eigenvalue weighted by molar-refractivity contribution is 7.19. The highest BCUT2D eigenvalue weighted by atomic mass is 32.1. The molecular weight excluding hydrogens is 348 g/mol. The van der Waals surface area contributed by atoms with E-state index in [9.17, 15) is 9.90 Å². The Balaban J connectivity index is 1.56. The van der Waals surface area contributed by atoms with Crippen molar-refractivity contribution in [2.45, 2.75) is 25.9 Å². The number of thiophene rings is 1. The summed E-state index contributed by atoms with van der Waals surface area (Å²) in [6, 6.07) is 10.1. The molecule has 3 N–H and O–H groups in total. The zero-order valence-corrected chi connectivity index (χ0v) is 15.9. The van der Waals surface area contributed by atoms with Crippen molar-refractivity contribution in [2.75, 3.05) is 32.7 Å². The number of aliphatic imine (C=N–C) groups is 1. The summed E-state index contributed by atoms with van der Waals surface area (Å²) in [6.07, 6.45) is 1.54. The third-order valence-corrected chi connectivity index (χ3v) is 5.63. The molecule has 2 heterocycles. The molecule has 1 amide bonds. The molecule has 1 aliphatic heterocycles. The van der Waals surface area contributed by atoms with Gasteiger partial charge in [-0.05, 0) is 37.3 Å². The SMILES string of the molecule is CCNC(=NCC(=O)N1CCCC1)NCC(O)c1cc2ccccc2s1. The first-order chi connectivity index (χ1) is 12.7. The first-order valence-electron chi connectivity index (χ1n) is 9.14. The number of guanidine groups is 1. The smallest absolute Gasteiger partial charge is 0.244 e. The molecule has 6 nitrogen and oxygen atoms in total. The number of benzene rings is 1. The van der Waals surface area contributed by atoms with Crippen LogP contribution in [0.25, 0.3) is 10.1 Å². The van der Waals surface area contributed by atoms with E-state index in [2.05, 4.69) is 21.7 Å². The maximum Gasteiger partial charge on any atom is 0.244 e. The highest BCUT2D eigenvalue weighted by Crippen LogP contribution is 2.29. The van der Waals surface area contributed by atoms with Gasteiger partial charge in [0.25, 0.3) is 0 Å². The Labute approximate surface area is 157 Å². The van der Waals surface area contributed by atoms with Crippen LogP contribution in [0.3, 0.4) is 0 Å². The molecule has 3 rings (SSSR count). The van der Waals surface area contributed by atoms with E-state index in [1.54, 1.807) is 11.3 Å². The van der Waals surface area contributed by atoms with Gasteiger partial charge < -0.3 is 20.6 Å². The molecule has 2 aromatic rings. The summed E-state index contributed by atoms with van der Waals surface area (Å²) in [4.78, 5) is 19.3. The summed E-state index contributed by atoms with van der Waals surface area (Å²) in [5.74, 6) is 0.616. The maximum absolute atomic E-state index is 12.1. The Morgan fingerprint density at radius 2 is 2.08 bits per heavy atom. The second-order valence-electron chi connectivity index (χ2n) is 6.37. The molecule has 1 aromatic heterocycles. The number of aliphatic hydroxyl groups is 1. The number of amides is 1. The molecule has 0 saturated carbocycles. The summed E-state index contributed by atoms with van der Waals surface area (Å²) in [5.41, 5.74) is 0. The average molecular weight is 375 g/mol. The number of carbonyl (C=O) groups is 1. The minimum absolute atomic E-state index is 0.0600. The van der Waals surface area contributed by atoms with Gasteiger partial charge in [0.1, 0.15) is 12.6 Å². The zero-order valence-electron chi connectivity index (χ0n) is 15.1. The molecule has 1 unspecified atom stereocenters. The molecule has 0 bridgehead atoms. The average Bonchev–Trinajstić information content (AvgIpc) is 3.33. The second kappa shape index (κ2) is 9.00. The van der Waals surface area contributed by atoms with E-state index < -0.39 is 6.10 Å². The lowest BCUT2D eigenvalue weighted by molar-refractivity contribution is -0.128. The molecule has 0 radical (unpaired) electrons. The van der Waals surface area contributed by atoms with Crippen molar-refractivity contribution in [3.8, 4) is 0 Å². The fraction of sp³-hybridized carbons (Fsp3) is 0.474. The number of aliphatic hydroxyl groups excluding tert-OH is 1. The topological polar surface area (TPSA) is 77.0 Å². The third kappa shape index (κ3) is 4.74. The fourth-order valence-corrected chi connectivity index (χ4v) is 4.07. The van der Waals surface area contributed by atoms with E-state index in [1.807, 2.05) is 36.1 Å². The van der Waals surface area contributed by atoms with Crippen LogP contribution in [0.15, 0.2) is 35.3 Å². The molecule has 140 valence electrons. The Morgan fingerprint density at radius 3 is 2.81 bits per heavy atom. The number of nitrogens with zero attached hydrogens (tertiary/aromatic N) is 2. The van der Waals surface area contributed by atoms with Crippen LogP contribution in [0.2, 0.25) is 0 Å². The minimum Gasteiger partial charge on any atom is -0.386 e. The molecule has 0 aliphatic carbocycles. The van der Waals surface area contributed by atoms with Crippen molar-refractivity contribution in [3.63, 3.8) is 0 Å².